The number of furan rings is 1. The molecule has 86 valence electrons. The Kier molecular flexibility index (Phi) is 2.76. The van der Waals surface area contributed by atoms with Crippen LogP contribution in [0, 0.1) is 13.8 Å². The van der Waals surface area contributed by atoms with Crippen LogP contribution in [0.5, 0.6) is 0 Å². The molecule has 16 heavy (non-hydrogen) atoms. The summed E-state index contributed by atoms with van der Waals surface area (Å²) in [7, 11) is 1.83. The van der Waals surface area contributed by atoms with Gasteiger partial charge in [-0.05, 0) is 19.9 Å². The summed E-state index contributed by atoms with van der Waals surface area (Å²) < 4.78 is 7.18. The molecule has 0 aliphatic heterocycles. The molecule has 0 aliphatic rings. The Morgan fingerprint density at radius 2 is 2.25 bits per heavy atom. The minimum Gasteiger partial charge on any atom is -0.466 e. The van der Waals surface area contributed by atoms with Crippen LogP contribution in [-0.4, -0.2) is 15.0 Å². The summed E-state index contributed by atoms with van der Waals surface area (Å²) in [5.74, 6) is 7.30. The van der Waals surface area contributed by atoms with Crippen LogP contribution in [0.2, 0.25) is 0 Å². The molecule has 2 aromatic rings. The first-order valence-corrected chi connectivity index (χ1v) is 5.01. The Bertz CT molecular complexity index is 487. The highest BCUT2D eigenvalue weighted by molar-refractivity contribution is 5.30. The molecule has 0 fully saturated rings. The van der Waals surface area contributed by atoms with Gasteiger partial charge in [0.25, 0.3) is 0 Å². The number of aromatic nitrogens is 3. The van der Waals surface area contributed by atoms with E-state index in [-0.39, 0.29) is 6.04 Å². The number of nitrogens with one attached hydrogen (secondary N) is 1. The SMILES string of the molecule is Cc1cc(C(NN)c2cnnn2C)c(C)o1. The molecule has 2 aromatic heterocycles. The van der Waals surface area contributed by atoms with E-state index in [9.17, 15) is 0 Å². The molecule has 0 amide bonds. The lowest BCUT2D eigenvalue weighted by Gasteiger charge is -2.14. The predicted octanol–water partition coefficient (Wildman–Crippen LogP) is 0.578. The maximum absolute atomic E-state index is 5.58. The predicted molar refractivity (Wildman–Crippen MR) is 58.4 cm³/mol. The second-order valence-corrected chi connectivity index (χ2v) is 3.75. The Balaban J connectivity index is 2.44. The molecule has 2 rings (SSSR count). The van der Waals surface area contributed by atoms with Gasteiger partial charge in [-0.3, -0.25) is 10.5 Å². The van der Waals surface area contributed by atoms with Gasteiger partial charge in [-0.1, -0.05) is 5.21 Å². The number of hydrogen-bond donors (Lipinski definition) is 2. The number of rotatable bonds is 3. The summed E-state index contributed by atoms with van der Waals surface area (Å²) in [6, 6.07) is 1.81. The monoisotopic (exact) mass is 221 g/mol. The summed E-state index contributed by atoms with van der Waals surface area (Å²) >= 11 is 0. The van der Waals surface area contributed by atoms with E-state index >= 15 is 0 Å². The number of nitrogens with zero attached hydrogens (tertiary/aromatic N) is 3. The van der Waals surface area contributed by atoms with Crippen LogP contribution in [-0.2, 0) is 7.05 Å². The van der Waals surface area contributed by atoms with Crippen molar-refractivity contribution in [3.8, 4) is 0 Å². The fourth-order valence-electron chi connectivity index (χ4n) is 1.83. The van der Waals surface area contributed by atoms with Crippen molar-refractivity contribution < 1.29 is 4.42 Å². The molecule has 1 unspecified atom stereocenters. The number of hydrazine groups is 1. The fraction of sp³-hybridized carbons (Fsp3) is 0.400. The molecular weight excluding hydrogens is 206 g/mol. The summed E-state index contributed by atoms with van der Waals surface area (Å²) in [6.07, 6.45) is 1.69. The highest BCUT2D eigenvalue weighted by atomic mass is 16.3. The van der Waals surface area contributed by atoms with Crippen LogP contribution in [0.15, 0.2) is 16.7 Å². The van der Waals surface area contributed by atoms with Crippen molar-refractivity contribution in [3.63, 3.8) is 0 Å². The molecule has 6 heteroatoms. The quantitative estimate of drug-likeness (QED) is 0.585. The number of nitrogens with two attached hydrogens (primary N) is 1. The van der Waals surface area contributed by atoms with E-state index in [0.29, 0.717) is 0 Å². The molecule has 0 radical (unpaired) electrons. The molecular formula is C10H15N5O. The van der Waals surface area contributed by atoms with Crippen LogP contribution >= 0.6 is 0 Å². The van der Waals surface area contributed by atoms with Gasteiger partial charge in [-0.2, -0.15) is 0 Å². The van der Waals surface area contributed by atoms with Crippen molar-refractivity contribution >= 4 is 0 Å². The van der Waals surface area contributed by atoms with E-state index in [4.69, 9.17) is 10.3 Å². The average Bonchev–Trinajstić information content (AvgIpc) is 2.77. The zero-order valence-electron chi connectivity index (χ0n) is 9.56. The van der Waals surface area contributed by atoms with Crippen molar-refractivity contribution in [2.45, 2.75) is 19.9 Å². The first-order valence-electron chi connectivity index (χ1n) is 5.01. The van der Waals surface area contributed by atoms with Crippen molar-refractivity contribution in [3.05, 3.63) is 35.0 Å². The van der Waals surface area contributed by atoms with E-state index in [2.05, 4.69) is 15.7 Å². The normalized spacial score (nSPS) is 13.0. The van der Waals surface area contributed by atoms with Crippen LogP contribution in [0.3, 0.4) is 0 Å². The molecule has 3 N–H and O–H groups in total. The molecule has 0 spiro atoms. The maximum Gasteiger partial charge on any atom is 0.106 e. The van der Waals surface area contributed by atoms with Crippen molar-refractivity contribution in [1.29, 1.82) is 0 Å². The first kappa shape index (κ1) is 10.8. The van der Waals surface area contributed by atoms with Crippen molar-refractivity contribution in [2.75, 3.05) is 0 Å². The molecule has 2 heterocycles. The Morgan fingerprint density at radius 3 is 2.69 bits per heavy atom. The zero-order chi connectivity index (χ0) is 11.7. The summed E-state index contributed by atoms with van der Waals surface area (Å²) in [5, 5.41) is 7.73. The summed E-state index contributed by atoms with van der Waals surface area (Å²) in [5.41, 5.74) is 4.65. The van der Waals surface area contributed by atoms with Crippen LogP contribution < -0.4 is 11.3 Å². The van der Waals surface area contributed by atoms with E-state index in [1.54, 1.807) is 10.9 Å². The Labute approximate surface area is 93.4 Å². The largest absolute Gasteiger partial charge is 0.466 e. The van der Waals surface area contributed by atoms with Crippen LogP contribution in [0.25, 0.3) is 0 Å². The fourth-order valence-corrected chi connectivity index (χ4v) is 1.83. The third-order valence-electron chi connectivity index (χ3n) is 2.60. The van der Waals surface area contributed by atoms with E-state index in [0.717, 1.165) is 22.8 Å². The van der Waals surface area contributed by atoms with Crippen LogP contribution in [0.1, 0.15) is 28.8 Å². The van der Waals surface area contributed by atoms with Gasteiger partial charge in [0.1, 0.15) is 11.5 Å². The molecule has 1 atom stereocenters. The van der Waals surface area contributed by atoms with Crippen molar-refractivity contribution in [2.24, 2.45) is 12.9 Å². The number of hydrogen-bond acceptors (Lipinski definition) is 5. The Hall–Kier alpha value is -1.66. The van der Waals surface area contributed by atoms with Gasteiger partial charge in [0.05, 0.1) is 17.9 Å². The van der Waals surface area contributed by atoms with Crippen LogP contribution in [0.4, 0.5) is 0 Å². The lowest BCUT2D eigenvalue weighted by molar-refractivity contribution is 0.491. The van der Waals surface area contributed by atoms with Crippen molar-refractivity contribution in [1.82, 2.24) is 20.4 Å². The molecule has 6 nitrogen and oxygen atoms in total. The van der Waals surface area contributed by atoms with Gasteiger partial charge in [0.15, 0.2) is 0 Å². The molecule has 0 aromatic carbocycles. The lowest BCUT2D eigenvalue weighted by atomic mass is 10.1. The van der Waals surface area contributed by atoms with Gasteiger partial charge < -0.3 is 4.42 Å². The first-order chi connectivity index (χ1) is 7.63. The second-order valence-electron chi connectivity index (χ2n) is 3.75. The summed E-state index contributed by atoms with van der Waals surface area (Å²) in [4.78, 5) is 0. The molecule has 0 aliphatic carbocycles. The molecule has 0 bridgehead atoms. The van der Waals surface area contributed by atoms with Gasteiger partial charge in [-0.15, -0.1) is 5.10 Å². The minimum atomic E-state index is -0.155. The topological polar surface area (TPSA) is 81.9 Å². The van der Waals surface area contributed by atoms with E-state index < -0.39 is 0 Å². The number of aryl methyl sites for hydroxylation is 3. The van der Waals surface area contributed by atoms with Gasteiger partial charge >= 0.3 is 0 Å². The average molecular weight is 221 g/mol. The molecule has 0 saturated heterocycles. The van der Waals surface area contributed by atoms with Gasteiger partial charge in [0.2, 0.25) is 0 Å². The Morgan fingerprint density at radius 1 is 1.50 bits per heavy atom. The zero-order valence-corrected chi connectivity index (χ0v) is 9.56. The van der Waals surface area contributed by atoms with E-state index in [1.807, 2.05) is 27.0 Å². The highest BCUT2D eigenvalue weighted by Gasteiger charge is 2.20. The van der Waals surface area contributed by atoms with Gasteiger partial charge in [0, 0.05) is 12.6 Å². The minimum absolute atomic E-state index is 0.155. The lowest BCUT2D eigenvalue weighted by Crippen LogP contribution is -2.30. The highest BCUT2D eigenvalue weighted by Crippen LogP contribution is 2.25. The molecule has 0 saturated carbocycles. The van der Waals surface area contributed by atoms with Gasteiger partial charge in [-0.25, -0.2) is 5.43 Å². The smallest absolute Gasteiger partial charge is 0.106 e. The summed E-state index contributed by atoms with van der Waals surface area (Å²) in [6.45, 7) is 3.82. The maximum atomic E-state index is 5.58. The third kappa shape index (κ3) is 1.72. The third-order valence-corrected chi connectivity index (χ3v) is 2.60. The van der Waals surface area contributed by atoms with E-state index in [1.165, 1.54) is 0 Å². The standard InChI is InChI=1S/C10H15N5O/c1-6-4-8(7(2)16-6)10(13-11)9-5-12-14-15(9)3/h4-5,10,13H,11H2,1-3H3. The second kappa shape index (κ2) is 4.07.